The molecule has 0 atom stereocenters. The highest BCUT2D eigenvalue weighted by atomic mass is 16.7. The first-order valence-electron chi connectivity index (χ1n) is 9.36. The van der Waals surface area contributed by atoms with E-state index in [9.17, 15) is 4.79 Å². The van der Waals surface area contributed by atoms with Gasteiger partial charge in [-0.25, -0.2) is 4.98 Å². The third-order valence-corrected chi connectivity index (χ3v) is 5.06. The van der Waals surface area contributed by atoms with E-state index in [0.29, 0.717) is 28.4 Å². The Balaban J connectivity index is 1.62. The fraction of sp³-hybridized carbons (Fsp3) is 0.0833. The van der Waals surface area contributed by atoms with Gasteiger partial charge in [-0.3, -0.25) is 4.79 Å². The fourth-order valence-electron chi connectivity index (χ4n) is 3.63. The Morgan fingerprint density at radius 2 is 1.69 bits per heavy atom. The molecular weight excluding hydrogens is 364 g/mol. The van der Waals surface area contributed by atoms with E-state index in [1.54, 1.807) is 18.2 Å². The van der Waals surface area contributed by atoms with Gasteiger partial charge in [0.25, 0.3) is 5.91 Å². The average molecular weight is 382 g/mol. The number of carbonyl (C=O) groups is 1. The van der Waals surface area contributed by atoms with E-state index in [-0.39, 0.29) is 12.7 Å². The summed E-state index contributed by atoms with van der Waals surface area (Å²) in [5, 5.41) is 3.95. The SMILES string of the molecule is Cc1c(C(=O)Nc2ccc3c(c2)OCO3)c(-c2ccccc2)nc2ccccc12. The van der Waals surface area contributed by atoms with E-state index in [4.69, 9.17) is 14.5 Å². The predicted octanol–water partition coefficient (Wildman–Crippen LogP) is 5.19. The van der Waals surface area contributed by atoms with Crippen LogP contribution >= 0.6 is 0 Å². The van der Waals surface area contributed by atoms with Crippen molar-refractivity contribution in [2.45, 2.75) is 6.92 Å². The molecule has 1 N–H and O–H groups in total. The number of fused-ring (bicyclic) bond motifs is 2. The topological polar surface area (TPSA) is 60.5 Å². The number of para-hydroxylation sites is 1. The van der Waals surface area contributed by atoms with E-state index in [2.05, 4.69) is 5.32 Å². The number of rotatable bonds is 3. The first-order valence-corrected chi connectivity index (χ1v) is 9.36. The highest BCUT2D eigenvalue weighted by Crippen LogP contribution is 2.35. The number of amides is 1. The molecule has 1 amide bonds. The molecule has 4 aromatic rings. The van der Waals surface area contributed by atoms with E-state index in [1.165, 1.54) is 0 Å². The van der Waals surface area contributed by atoms with E-state index in [1.807, 2.05) is 61.5 Å². The van der Waals surface area contributed by atoms with E-state index in [0.717, 1.165) is 22.0 Å². The normalized spacial score (nSPS) is 12.2. The lowest BCUT2D eigenvalue weighted by Gasteiger charge is -2.15. The lowest BCUT2D eigenvalue weighted by Crippen LogP contribution is -2.16. The molecule has 0 spiro atoms. The molecular formula is C24H18N2O3. The number of carbonyl (C=O) groups excluding carboxylic acids is 1. The number of benzene rings is 3. The molecule has 0 saturated heterocycles. The lowest BCUT2D eigenvalue weighted by atomic mass is 9.97. The molecule has 2 heterocycles. The second kappa shape index (κ2) is 6.95. The van der Waals surface area contributed by atoms with Crippen LogP contribution in [-0.2, 0) is 0 Å². The summed E-state index contributed by atoms with van der Waals surface area (Å²) in [4.78, 5) is 18.2. The lowest BCUT2D eigenvalue weighted by molar-refractivity contribution is 0.102. The number of aryl methyl sites for hydroxylation is 1. The molecule has 142 valence electrons. The molecule has 5 heteroatoms. The van der Waals surface area contributed by atoms with Crippen molar-refractivity contribution in [3.05, 3.63) is 83.9 Å². The molecule has 0 saturated carbocycles. The number of nitrogens with zero attached hydrogens (tertiary/aromatic N) is 1. The minimum absolute atomic E-state index is 0.193. The van der Waals surface area contributed by atoms with Crippen LogP contribution in [0, 0.1) is 6.92 Å². The fourth-order valence-corrected chi connectivity index (χ4v) is 3.63. The van der Waals surface area contributed by atoms with Crippen molar-refractivity contribution in [3.8, 4) is 22.8 Å². The zero-order valence-electron chi connectivity index (χ0n) is 15.8. The van der Waals surface area contributed by atoms with Gasteiger partial charge in [-0.2, -0.15) is 0 Å². The second-order valence-electron chi connectivity index (χ2n) is 6.87. The van der Waals surface area contributed by atoms with Gasteiger partial charge in [-0.15, -0.1) is 0 Å². The van der Waals surface area contributed by atoms with Gasteiger partial charge in [0.2, 0.25) is 6.79 Å². The van der Waals surface area contributed by atoms with Crippen LogP contribution in [0.2, 0.25) is 0 Å². The van der Waals surface area contributed by atoms with Crippen molar-refractivity contribution in [1.82, 2.24) is 4.98 Å². The molecule has 29 heavy (non-hydrogen) atoms. The van der Waals surface area contributed by atoms with Gasteiger partial charge in [-0.05, 0) is 30.7 Å². The number of ether oxygens (including phenoxy) is 2. The largest absolute Gasteiger partial charge is 0.454 e. The predicted molar refractivity (Wildman–Crippen MR) is 112 cm³/mol. The molecule has 5 nitrogen and oxygen atoms in total. The highest BCUT2D eigenvalue weighted by molar-refractivity contribution is 6.12. The summed E-state index contributed by atoms with van der Waals surface area (Å²) in [6, 6.07) is 23.0. The Kier molecular flexibility index (Phi) is 4.13. The molecule has 0 unspecified atom stereocenters. The van der Waals surface area contributed by atoms with Gasteiger partial charge in [-0.1, -0.05) is 48.5 Å². The highest BCUT2D eigenvalue weighted by Gasteiger charge is 2.21. The van der Waals surface area contributed by atoms with Crippen LogP contribution in [0.3, 0.4) is 0 Å². The standard InChI is InChI=1S/C24H18N2O3/c1-15-18-9-5-6-10-19(18)26-23(16-7-3-2-4-8-16)22(15)24(27)25-17-11-12-20-21(13-17)29-14-28-20/h2-13H,14H2,1H3,(H,25,27). The summed E-state index contributed by atoms with van der Waals surface area (Å²) < 4.78 is 10.8. The zero-order valence-corrected chi connectivity index (χ0v) is 15.8. The number of hydrogen-bond donors (Lipinski definition) is 1. The number of pyridine rings is 1. The van der Waals surface area contributed by atoms with Gasteiger partial charge in [0, 0.05) is 22.7 Å². The third kappa shape index (κ3) is 3.06. The molecule has 0 bridgehead atoms. The van der Waals surface area contributed by atoms with Crippen molar-refractivity contribution in [1.29, 1.82) is 0 Å². The molecule has 0 radical (unpaired) electrons. The maximum atomic E-state index is 13.3. The Labute approximate surface area is 167 Å². The molecule has 0 fully saturated rings. The van der Waals surface area contributed by atoms with Crippen molar-refractivity contribution >= 4 is 22.5 Å². The first kappa shape index (κ1) is 17.3. The number of anilines is 1. The van der Waals surface area contributed by atoms with E-state index >= 15 is 0 Å². The maximum absolute atomic E-state index is 13.3. The zero-order chi connectivity index (χ0) is 19.8. The summed E-state index contributed by atoms with van der Waals surface area (Å²) >= 11 is 0. The Hall–Kier alpha value is -3.86. The Morgan fingerprint density at radius 3 is 2.55 bits per heavy atom. The van der Waals surface area contributed by atoms with Crippen LogP contribution in [0.1, 0.15) is 15.9 Å². The monoisotopic (exact) mass is 382 g/mol. The summed E-state index contributed by atoms with van der Waals surface area (Å²) in [5.41, 5.74) is 4.53. The number of aromatic nitrogens is 1. The van der Waals surface area contributed by atoms with Crippen molar-refractivity contribution in [2.24, 2.45) is 0 Å². The van der Waals surface area contributed by atoms with Gasteiger partial charge in [0.05, 0.1) is 16.8 Å². The van der Waals surface area contributed by atoms with Gasteiger partial charge in [0.1, 0.15) is 0 Å². The maximum Gasteiger partial charge on any atom is 0.258 e. The summed E-state index contributed by atoms with van der Waals surface area (Å²) in [6.07, 6.45) is 0. The Bertz CT molecular complexity index is 1240. The van der Waals surface area contributed by atoms with Gasteiger partial charge >= 0.3 is 0 Å². The average Bonchev–Trinajstić information content (AvgIpc) is 3.22. The van der Waals surface area contributed by atoms with Crippen LogP contribution in [0.15, 0.2) is 72.8 Å². The van der Waals surface area contributed by atoms with Crippen LogP contribution in [0.25, 0.3) is 22.2 Å². The molecule has 1 aliphatic heterocycles. The van der Waals surface area contributed by atoms with Crippen molar-refractivity contribution in [3.63, 3.8) is 0 Å². The van der Waals surface area contributed by atoms with Crippen LogP contribution < -0.4 is 14.8 Å². The smallest absolute Gasteiger partial charge is 0.258 e. The minimum atomic E-state index is -0.210. The van der Waals surface area contributed by atoms with Crippen LogP contribution in [0.4, 0.5) is 5.69 Å². The first-order chi connectivity index (χ1) is 14.2. The van der Waals surface area contributed by atoms with Crippen LogP contribution in [-0.4, -0.2) is 17.7 Å². The summed E-state index contributed by atoms with van der Waals surface area (Å²) in [7, 11) is 0. The number of nitrogens with one attached hydrogen (secondary N) is 1. The molecule has 1 aliphatic rings. The van der Waals surface area contributed by atoms with Crippen molar-refractivity contribution < 1.29 is 14.3 Å². The molecule has 1 aromatic heterocycles. The quantitative estimate of drug-likeness (QED) is 0.530. The number of hydrogen-bond acceptors (Lipinski definition) is 4. The van der Waals surface area contributed by atoms with Gasteiger partial charge < -0.3 is 14.8 Å². The third-order valence-electron chi connectivity index (χ3n) is 5.06. The van der Waals surface area contributed by atoms with Crippen molar-refractivity contribution in [2.75, 3.05) is 12.1 Å². The molecule has 0 aliphatic carbocycles. The van der Waals surface area contributed by atoms with E-state index < -0.39 is 0 Å². The summed E-state index contributed by atoms with van der Waals surface area (Å²) in [6.45, 7) is 2.16. The summed E-state index contributed by atoms with van der Waals surface area (Å²) in [5.74, 6) is 1.09. The second-order valence-corrected chi connectivity index (χ2v) is 6.87. The van der Waals surface area contributed by atoms with Crippen LogP contribution in [0.5, 0.6) is 11.5 Å². The molecule has 3 aromatic carbocycles. The minimum Gasteiger partial charge on any atom is -0.454 e. The Morgan fingerprint density at radius 1 is 0.931 bits per heavy atom. The van der Waals surface area contributed by atoms with Gasteiger partial charge in [0.15, 0.2) is 11.5 Å². The molecule has 5 rings (SSSR count).